The molecule has 29 heavy (non-hydrogen) atoms. The van der Waals surface area contributed by atoms with E-state index in [4.69, 9.17) is 9.47 Å². The highest BCUT2D eigenvalue weighted by molar-refractivity contribution is 7.14. The zero-order valence-corrected chi connectivity index (χ0v) is 17.1. The Hall–Kier alpha value is -3.48. The molecular weight excluding hydrogens is 410 g/mol. The fourth-order valence-electron chi connectivity index (χ4n) is 2.41. The molecule has 0 bridgehead atoms. The number of hydrogen-bond acceptors (Lipinski definition) is 9. The third kappa shape index (κ3) is 4.68. The van der Waals surface area contributed by atoms with E-state index in [-0.39, 0.29) is 11.1 Å². The topological polar surface area (TPSA) is 101 Å². The van der Waals surface area contributed by atoms with Crippen LogP contribution in [0.15, 0.2) is 47.3 Å². The molecule has 3 aromatic rings. The van der Waals surface area contributed by atoms with Crippen molar-refractivity contribution < 1.29 is 19.1 Å². The average molecular weight is 425 g/mol. The maximum Gasteiger partial charge on any atom is 0.337 e. The molecule has 0 radical (unpaired) electrons. The van der Waals surface area contributed by atoms with Gasteiger partial charge in [-0.15, -0.1) is 22.7 Å². The number of hydrogen-bond donors (Lipinski definition) is 1. The largest absolute Gasteiger partial charge is 0.465 e. The Labute approximate surface area is 174 Å². The van der Waals surface area contributed by atoms with Crippen molar-refractivity contribution in [2.24, 2.45) is 0 Å². The molecule has 0 amide bonds. The molecule has 146 valence electrons. The summed E-state index contributed by atoms with van der Waals surface area (Å²) in [6, 6.07) is 10.4. The number of nitrogens with one attached hydrogen (secondary N) is 1. The zero-order valence-electron chi connectivity index (χ0n) is 15.5. The van der Waals surface area contributed by atoms with E-state index in [1.165, 1.54) is 50.0 Å². The Morgan fingerprint density at radius 2 is 1.83 bits per heavy atom. The fourth-order valence-corrected chi connectivity index (χ4v) is 3.96. The number of carbonyl (C=O) groups excluding carboxylic acids is 2. The van der Waals surface area contributed by atoms with Gasteiger partial charge in [-0.2, -0.15) is 5.26 Å². The van der Waals surface area contributed by atoms with Crippen molar-refractivity contribution >= 4 is 45.9 Å². The van der Waals surface area contributed by atoms with Gasteiger partial charge in [0.15, 0.2) is 0 Å². The molecule has 2 aromatic heterocycles. The van der Waals surface area contributed by atoms with Crippen LogP contribution in [0.1, 0.15) is 25.7 Å². The molecule has 0 atom stereocenters. The Kier molecular flexibility index (Phi) is 6.39. The summed E-state index contributed by atoms with van der Waals surface area (Å²) in [5.74, 6) is -1.19. The molecule has 2 heterocycles. The first-order valence-corrected chi connectivity index (χ1v) is 10.00. The van der Waals surface area contributed by atoms with Gasteiger partial charge < -0.3 is 14.8 Å². The van der Waals surface area contributed by atoms with Crippen molar-refractivity contribution in [3.8, 4) is 16.6 Å². The van der Waals surface area contributed by atoms with E-state index in [1.54, 1.807) is 11.3 Å². The Morgan fingerprint density at radius 1 is 1.14 bits per heavy atom. The van der Waals surface area contributed by atoms with Gasteiger partial charge in [0.25, 0.3) is 0 Å². The van der Waals surface area contributed by atoms with E-state index >= 15 is 0 Å². The summed E-state index contributed by atoms with van der Waals surface area (Å²) in [4.78, 5) is 29.3. The first-order chi connectivity index (χ1) is 14.0. The zero-order chi connectivity index (χ0) is 20.8. The molecule has 0 aliphatic heterocycles. The molecule has 1 aromatic carbocycles. The third-order valence-electron chi connectivity index (χ3n) is 3.79. The fraction of sp³-hybridized carbons (Fsp3) is 0.100. The summed E-state index contributed by atoms with van der Waals surface area (Å²) >= 11 is 2.93. The van der Waals surface area contributed by atoms with Gasteiger partial charge in [-0.25, -0.2) is 14.6 Å². The third-order valence-corrected chi connectivity index (χ3v) is 5.55. The van der Waals surface area contributed by atoms with Crippen LogP contribution in [0.3, 0.4) is 0 Å². The Bertz CT molecular complexity index is 1080. The molecule has 0 saturated carbocycles. The molecule has 0 saturated heterocycles. The monoisotopic (exact) mass is 425 g/mol. The average Bonchev–Trinajstić information content (AvgIpc) is 3.45. The number of thiophene rings is 1. The van der Waals surface area contributed by atoms with E-state index in [2.05, 4.69) is 16.4 Å². The second kappa shape index (κ2) is 9.14. The van der Waals surface area contributed by atoms with E-state index in [9.17, 15) is 14.9 Å². The minimum atomic E-state index is -0.594. The predicted molar refractivity (Wildman–Crippen MR) is 112 cm³/mol. The van der Waals surface area contributed by atoms with Crippen LogP contribution in [0.25, 0.3) is 16.1 Å². The second-order valence-corrected chi connectivity index (χ2v) is 7.42. The van der Waals surface area contributed by atoms with Crippen LogP contribution in [0.5, 0.6) is 0 Å². The van der Waals surface area contributed by atoms with Crippen molar-refractivity contribution in [3.05, 3.63) is 63.4 Å². The highest BCUT2D eigenvalue weighted by Crippen LogP contribution is 2.29. The van der Waals surface area contributed by atoms with Gasteiger partial charge in [0, 0.05) is 17.3 Å². The van der Waals surface area contributed by atoms with Crippen LogP contribution in [0.2, 0.25) is 0 Å². The number of benzene rings is 1. The van der Waals surface area contributed by atoms with Crippen LogP contribution in [-0.2, 0) is 9.47 Å². The highest BCUT2D eigenvalue weighted by Gasteiger charge is 2.14. The lowest BCUT2D eigenvalue weighted by molar-refractivity contribution is 0.0599. The van der Waals surface area contributed by atoms with Crippen LogP contribution in [-0.4, -0.2) is 31.1 Å². The maximum atomic E-state index is 11.9. The van der Waals surface area contributed by atoms with E-state index in [0.717, 1.165) is 10.6 Å². The molecule has 0 aliphatic rings. The number of ether oxygens (including phenoxy) is 2. The van der Waals surface area contributed by atoms with Crippen molar-refractivity contribution in [1.82, 2.24) is 4.98 Å². The lowest BCUT2D eigenvalue weighted by Crippen LogP contribution is -2.07. The lowest BCUT2D eigenvalue weighted by Gasteiger charge is -2.08. The molecule has 0 fully saturated rings. The van der Waals surface area contributed by atoms with Crippen LogP contribution >= 0.6 is 22.7 Å². The number of aromatic nitrogens is 1. The van der Waals surface area contributed by atoms with Crippen LogP contribution < -0.4 is 5.32 Å². The van der Waals surface area contributed by atoms with E-state index in [1.807, 2.05) is 22.9 Å². The number of nitrogens with zero attached hydrogens (tertiary/aromatic N) is 2. The first-order valence-electron chi connectivity index (χ1n) is 8.24. The molecule has 0 spiro atoms. The molecular formula is C20H15N3O4S2. The minimum absolute atomic E-state index is 0.180. The number of rotatable bonds is 6. The SMILES string of the molecule is COC(=O)c1cc(N/C=C(\C#N)c2nc(-c3cccs3)cs2)cc(C(=O)OC)c1. The van der Waals surface area contributed by atoms with Crippen molar-refractivity contribution in [2.75, 3.05) is 19.5 Å². The summed E-state index contributed by atoms with van der Waals surface area (Å²) < 4.78 is 9.44. The van der Waals surface area contributed by atoms with Gasteiger partial charge >= 0.3 is 11.9 Å². The molecule has 1 N–H and O–H groups in total. The predicted octanol–water partition coefficient (Wildman–Crippen LogP) is 4.42. The number of anilines is 1. The van der Waals surface area contributed by atoms with Gasteiger partial charge in [0.2, 0.25) is 0 Å². The van der Waals surface area contributed by atoms with Gasteiger partial charge in [0.05, 0.1) is 35.9 Å². The Balaban J connectivity index is 1.89. The first kappa shape index (κ1) is 20.3. The van der Waals surface area contributed by atoms with Crippen molar-refractivity contribution in [1.29, 1.82) is 5.26 Å². The smallest absolute Gasteiger partial charge is 0.337 e. The van der Waals surface area contributed by atoms with E-state index in [0.29, 0.717) is 16.3 Å². The molecule has 0 unspecified atom stereocenters. The summed E-state index contributed by atoms with van der Waals surface area (Å²) in [5.41, 5.74) is 1.91. The summed E-state index contributed by atoms with van der Waals surface area (Å²) in [6.45, 7) is 0. The van der Waals surface area contributed by atoms with Crippen molar-refractivity contribution in [3.63, 3.8) is 0 Å². The number of thiazole rings is 1. The summed E-state index contributed by atoms with van der Waals surface area (Å²) in [6.07, 6.45) is 1.48. The summed E-state index contributed by atoms with van der Waals surface area (Å²) in [7, 11) is 2.50. The van der Waals surface area contributed by atoms with Crippen molar-refractivity contribution in [2.45, 2.75) is 0 Å². The van der Waals surface area contributed by atoms with E-state index < -0.39 is 11.9 Å². The molecule has 9 heteroatoms. The normalized spacial score (nSPS) is 10.9. The highest BCUT2D eigenvalue weighted by atomic mass is 32.1. The van der Waals surface area contributed by atoms with Gasteiger partial charge in [-0.1, -0.05) is 6.07 Å². The molecule has 0 aliphatic carbocycles. The quantitative estimate of drug-likeness (QED) is 0.461. The Morgan fingerprint density at radius 3 is 2.38 bits per heavy atom. The minimum Gasteiger partial charge on any atom is -0.465 e. The maximum absolute atomic E-state index is 11.9. The van der Waals surface area contributed by atoms with Crippen LogP contribution in [0, 0.1) is 11.3 Å². The standard InChI is InChI=1S/C20H15N3O4S2/c1-26-19(24)12-6-13(20(25)27-2)8-15(7-12)22-10-14(9-21)18-23-16(11-29-18)17-4-3-5-28-17/h3-8,10-11,22H,1-2H3/b14-10+. The van der Waals surface area contributed by atoms with Gasteiger partial charge in [-0.3, -0.25) is 0 Å². The van der Waals surface area contributed by atoms with Gasteiger partial charge in [0.1, 0.15) is 16.6 Å². The molecule has 7 nitrogen and oxygen atoms in total. The number of allylic oxidation sites excluding steroid dienone is 1. The molecule has 3 rings (SSSR count). The number of methoxy groups -OCH3 is 2. The second-order valence-electron chi connectivity index (χ2n) is 5.61. The van der Waals surface area contributed by atoms with Gasteiger partial charge in [-0.05, 0) is 29.6 Å². The van der Waals surface area contributed by atoms with Crippen LogP contribution in [0.4, 0.5) is 5.69 Å². The lowest BCUT2D eigenvalue weighted by atomic mass is 10.1. The number of esters is 2. The number of carbonyl (C=O) groups is 2. The summed E-state index contributed by atoms with van der Waals surface area (Å²) in [5, 5.41) is 16.9. The number of nitriles is 1.